The van der Waals surface area contributed by atoms with Crippen LogP contribution in [0.4, 0.5) is 0 Å². The van der Waals surface area contributed by atoms with Crippen LogP contribution in [0.5, 0.6) is 0 Å². The van der Waals surface area contributed by atoms with Gasteiger partial charge in [0.2, 0.25) is 0 Å². The Morgan fingerprint density at radius 1 is 1.07 bits per heavy atom. The van der Waals surface area contributed by atoms with Crippen LogP contribution < -0.4 is 0 Å². The van der Waals surface area contributed by atoms with Gasteiger partial charge < -0.3 is 10.2 Å². The first kappa shape index (κ1) is 20.1. The Morgan fingerprint density at radius 3 is 2.39 bits per heavy atom. The van der Waals surface area contributed by atoms with Crippen molar-refractivity contribution in [3.63, 3.8) is 0 Å². The van der Waals surface area contributed by atoms with Crippen LogP contribution >= 0.6 is 11.3 Å². The highest BCUT2D eigenvalue weighted by atomic mass is 32.1. The molecule has 0 radical (unpaired) electrons. The molecule has 0 unspecified atom stereocenters. The number of fused-ring (bicyclic) bond motifs is 1. The standard InChI is InChI=1S/C21H32N4O2S/c1-14-22-16(12-25-10-8-21(27,13-26)9-11-25)17-19(23-14)28-18(24-17)15-4-6-20(2,3)7-5-15/h15,26-27H,4-13H2,1-3H3. The average molecular weight is 405 g/mol. The summed E-state index contributed by atoms with van der Waals surface area (Å²) in [5.74, 6) is 1.35. The second-order valence-electron chi connectivity index (χ2n) is 9.52. The van der Waals surface area contributed by atoms with Crippen molar-refractivity contribution in [3.8, 4) is 0 Å². The number of thiazole rings is 1. The van der Waals surface area contributed by atoms with E-state index in [0.29, 0.717) is 24.2 Å². The smallest absolute Gasteiger partial charge is 0.147 e. The van der Waals surface area contributed by atoms with Crippen LogP contribution in [0.15, 0.2) is 0 Å². The number of nitrogens with zero attached hydrogens (tertiary/aromatic N) is 4. The summed E-state index contributed by atoms with van der Waals surface area (Å²) in [6.07, 6.45) is 6.12. The number of aliphatic hydroxyl groups is 2. The minimum absolute atomic E-state index is 0.161. The van der Waals surface area contributed by atoms with Crippen molar-refractivity contribution in [2.45, 2.75) is 77.4 Å². The highest BCUT2D eigenvalue weighted by molar-refractivity contribution is 7.18. The van der Waals surface area contributed by atoms with Crippen molar-refractivity contribution in [1.82, 2.24) is 19.9 Å². The topological polar surface area (TPSA) is 82.4 Å². The average Bonchev–Trinajstić information content (AvgIpc) is 3.07. The second kappa shape index (κ2) is 7.59. The molecular weight excluding hydrogens is 372 g/mol. The van der Waals surface area contributed by atoms with E-state index in [1.807, 2.05) is 6.92 Å². The van der Waals surface area contributed by atoms with Crippen molar-refractivity contribution < 1.29 is 10.2 Å². The molecule has 4 rings (SSSR count). The van der Waals surface area contributed by atoms with E-state index < -0.39 is 5.60 Å². The highest BCUT2D eigenvalue weighted by Crippen LogP contribution is 2.44. The lowest BCUT2D eigenvalue weighted by Gasteiger charge is -2.36. The molecule has 6 nitrogen and oxygen atoms in total. The molecule has 2 aromatic heterocycles. The van der Waals surface area contributed by atoms with Crippen molar-refractivity contribution in [2.75, 3.05) is 19.7 Å². The minimum atomic E-state index is -0.921. The maximum atomic E-state index is 10.3. The number of aryl methyl sites for hydroxylation is 1. The maximum Gasteiger partial charge on any atom is 0.147 e. The molecule has 2 aliphatic rings. The zero-order chi connectivity index (χ0) is 19.9. The van der Waals surface area contributed by atoms with Crippen LogP contribution in [-0.4, -0.2) is 55.4 Å². The first-order valence-corrected chi connectivity index (χ1v) is 11.3. The third-order valence-electron chi connectivity index (χ3n) is 6.60. The molecule has 1 saturated carbocycles. The Kier molecular flexibility index (Phi) is 5.46. The van der Waals surface area contributed by atoms with Crippen LogP contribution in [0.2, 0.25) is 0 Å². The summed E-state index contributed by atoms with van der Waals surface area (Å²) in [7, 11) is 0. The van der Waals surface area contributed by atoms with Gasteiger partial charge in [-0.15, -0.1) is 0 Å². The van der Waals surface area contributed by atoms with E-state index in [9.17, 15) is 10.2 Å². The van der Waals surface area contributed by atoms with Gasteiger partial charge in [-0.2, -0.15) is 0 Å². The van der Waals surface area contributed by atoms with Gasteiger partial charge in [0.1, 0.15) is 16.2 Å². The Bertz CT molecular complexity index is 832. The van der Waals surface area contributed by atoms with Gasteiger partial charge in [0.25, 0.3) is 0 Å². The van der Waals surface area contributed by atoms with Gasteiger partial charge in [-0.1, -0.05) is 25.2 Å². The summed E-state index contributed by atoms with van der Waals surface area (Å²) in [6.45, 7) is 8.77. The van der Waals surface area contributed by atoms with Gasteiger partial charge in [0.15, 0.2) is 0 Å². The molecule has 0 atom stereocenters. The Balaban J connectivity index is 1.53. The first-order chi connectivity index (χ1) is 13.3. The lowest BCUT2D eigenvalue weighted by molar-refractivity contribution is -0.0607. The van der Waals surface area contributed by atoms with Gasteiger partial charge in [-0.3, -0.25) is 4.90 Å². The van der Waals surface area contributed by atoms with Crippen LogP contribution in [0, 0.1) is 12.3 Å². The van der Waals surface area contributed by atoms with E-state index in [1.165, 1.54) is 30.7 Å². The third kappa shape index (κ3) is 4.22. The van der Waals surface area contributed by atoms with Crippen LogP contribution in [0.25, 0.3) is 10.3 Å². The Labute approximate surface area is 171 Å². The molecule has 154 valence electrons. The van der Waals surface area contributed by atoms with E-state index in [-0.39, 0.29) is 6.61 Å². The zero-order valence-corrected chi connectivity index (χ0v) is 18.1. The molecule has 28 heavy (non-hydrogen) atoms. The maximum absolute atomic E-state index is 10.3. The van der Waals surface area contributed by atoms with E-state index >= 15 is 0 Å². The molecular formula is C21H32N4O2S. The molecule has 2 aromatic rings. The number of piperidine rings is 1. The first-order valence-electron chi connectivity index (χ1n) is 10.5. The predicted octanol–water partition coefficient (Wildman–Crippen LogP) is 3.40. The zero-order valence-electron chi connectivity index (χ0n) is 17.2. The molecule has 1 saturated heterocycles. The third-order valence-corrected chi connectivity index (χ3v) is 7.71. The fourth-order valence-electron chi connectivity index (χ4n) is 4.44. The quantitative estimate of drug-likeness (QED) is 0.813. The fourth-order valence-corrected chi connectivity index (χ4v) is 5.62. The number of aromatic nitrogens is 3. The van der Waals surface area contributed by atoms with Gasteiger partial charge in [-0.05, 0) is 50.9 Å². The van der Waals surface area contributed by atoms with E-state index in [1.54, 1.807) is 11.3 Å². The highest BCUT2D eigenvalue weighted by Gasteiger charge is 2.32. The molecule has 0 aromatic carbocycles. The number of rotatable bonds is 4. The summed E-state index contributed by atoms with van der Waals surface area (Å²) >= 11 is 1.74. The lowest BCUT2D eigenvalue weighted by Crippen LogP contribution is -2.46. The largest absolute Gasteiger partial charge is 0.393 e. The van der Waals surface area contributed by atoms with Crippen molar-refractivity contribution in [1.29, 1.82) is 0 Å². The van der Waals surface area contributed by atoms with Crippen LogP contribution in [0.3, 0.4) is 0 Å². The van der Waals surface area contributed by atoms with Crippen LogP contribution in [0.1, 0.15) is 74.8 Å². The van der Waals surface area contributed by atoms with E-state index in [0.717, 1.165) is 41.5 Å². The fraction of sp³-hybridized carbons (Fsp3) is 0.762. The summed E-state index contributed by atoms with van der Waals surface area (Å²) in [4.78, 5) is 17.7. The Morgan fingerprint density at radius 2 is 1.75 bits per heavy atom. The molecule has 3 heterocycles. The van der Waals surface area contributed by atoms with Crippen molar-refractivity contribution in [2.24, 2.45) is 5.41 Å². The summed E-state index contributed by atoms with van der Waals surface area (Å²) in [6, 6.07) is 0. The van der Waals surface area contributed by atoms with E-state index in [4.69, 9.17) is 9.97 Å². The molecule has 1 aliphatic carbocycles. The number of hydrogen-bond acceptors (Lipinski definition) is 7. The predicted molar refractivity (Wildman–Crippen MR) is 111 cm³/mol. The SMILES string of the molecule is Cc1nc(CN2CCC(O)(CO)CC2)c2nc(C3CCC(C)(C)CC3)sc2n1. The van der Waals surface area contributed by atoms with Crippen molar-refractivity contribution >= 4 is 21.7 Å². The van der Waals surface area contributed by atoms with Gasteiger partial charge in [0, 0.05) is 25.6 Å². The summed E-state index contributed by atoms with van der Waals surface area (Å²) in [5, 5.41) is 20.8. The Hall–Kier alpha value is -1.15. The van der Waals surface area contributed by atoms with Gasteiger partial charge >= 0.3 is 0 Å². The molecule has 2 fully saturated rings. The van der Waals surface area contributed by atoms with Gasteiger partial charge in [0.05, 0.1) is 22.9 Å². The van der Waals surface area contributed by atoms with Crippen molar-refractivity contribution in [3.05, 3.63) is 16.5 Å². The molecule has 2 N–H and O–H groups in total. The molecule has 7 heteroatoms. The molecule has 1 aliphatic heterocycles. The molecule has 0 amide bonds. The normalized spacial score (nSPS) is 23.3. The molecule has 0 bridgehead atoms. The summed E-state index contributed by atoms with van der Waals surface area (Å²) < 4.78 is 0. The summed E-state index contributed by atoms with van der Waals surface area (Å²) in [5.41, 5.74) is 1.49. The number of likely N-dealkylation sites (tertiary alicyclic amines) is 1. The minimum Gasteiger partial charge on any atom is -0.393 e. The lowest BCUT2D eigenvalue weighted by atomic mass is 9.73. The van der Waals surface area contributed by atoms with E-state index in [2.05, 4.69) is 23.7 Å². The monoisotopic (exact) mass is 404 g/mol. The van der Waals surface area contributed by atoms with Gasteiger partial charge in [-0.25, -0.2) is 15.0 Å². The second-order valence-corrected chi connectivity index (χ2v) is 10.5. The van der Waals surface area contributed by atoms with Crippen LogP contribution in [-0.2, 0) is 6.54 Å². The number of aliphatic hydroxyl groups excluding tert-OH is 1. The molecule has 0 spiro atoms. The number of hydrogen-bond donors (Lipinski definition) is 2.